The van der Waals surface area contributed by atoms with Gasteiger partial charge in [-0.2, -0.15) is 0 Å². The molecule has 0 aliphatic carbocycles. The molecule has 2 rings (SSSR count). The summed E-state index contributed by atoms with van der Waals surface area (Å²) in [6.45, 7) is 1.66. The highest BCUT2D eigenvalue weighted by atomic mass is 16.5. The SMILES string of the molecule is CN(C(=O)CNC(=O)COc1ccccc1)C1CCNC1. The number of rotatable bonds is 6. The van der Waals surface area contributed by atoms with Crippen molar-refractivity contribution < 1.29 is 14.3 Å². The largest absolute Gasteiger partial charge is 0.484 e. The number of hydrogen-bond donors (Lipinski definition) is 2. The van der Waals surface area contributed by atoms with E-state index in [1.807, 2.05) is 18.2 Å². The van der Waals surface area contributed by atoms with Gasteiger partial charge in [0, 0.05) is 19.6 Å². The lowest BCUT2D eigenvalue weighted by molar-refractivity contribution is -0.133. The van der Waals surface area contributed by atoms with Crippen LogP contribution in [0.1, 0.15) is 6.42 Å². The molecule has 0 bridgehead atoms. The molecule has 1 aromatic carbocycles. The van der Waals surface area contributed by atoms with Crippen LogP contribution in [0.3, 0.4) is 0 Å². The molecule has 1 aliphatic rings. The van der Waals surface area contributed by atoms with E-state index >= 15 is 0 Å². The van der Waals surface area contributed by atoms with E-state index in [4.69, 9.17) is 4.74 Å². The summed E-state index contributed by atoms with van der Waals surface area (Å²) in [6.07, 6.45) is 0.952. The molecule has 1 saturated heterocycles. The van der Waals surface area contributed by atoms with Crippen LogP contribution in [0, 0.1) is 0 Å². The summed E-state index contributed by atoms with van der Waals surface area (Å²) in [5.74, 6) is 0.245. The fraction of sp³-hybridized carbons (Fsp3) is 0.467. The lowest BCUT2D eigenvalue weighted by Crippen LogP contribution is -2.44. The fourth-order valence-corrected chi connectivity index (χ4v) is 2.19. The van der Waals surface area contributed by atoms with Gasteiger partial charge in [-0.15, -0.1) is 0 Å². The Balaban J connectivity index is 1.67. The summed E-state index contributed by atoms with van der Waals surface area (Å²) in [7, 11) is 1.77. The van der Waals surface area contributed by atoms with E-state index < -0.39 is 0 Å². The molecule has 1 heterocycles. The van der Waals surface area contributed by atoms with Gasteiger partial charge < -0.3 is 20.3 Å². The van der Waals surface area contributed by atoms with Crippen molar-refractivity contribution in [2.45, 2.75) is 12.5 Å². The molecule has 1 atom stereocenters. The molecule has 0 radical (unpaired) electrons. The number of ether oxygens (including phenoxy) is 1. The van der Waals surface area contributed by atoms with E-state index in [1.165, 1.54) is 0 Å². The quantitative estimate of drug-likeness (QED) is 0.774. The van der Waals surface area contributed by atoms with Crippen LogP contribution in [-0.4, -0.2) is 56.0 Å². The van der Waals surface area contributed by atoms with Crippen LogP contribution >= 0.6 is 0 Å². The molecule has 0 aromatic heterocycles. The first-order chi connectivity index (χ1) is 10.2. The predicted molar refractivity (Wildman–Crippen MR) is 79.0 cm³/mol. The monoisotopic (exact) mass is 291 g/mol. The van der Waals surface area contributed by atoms with Gasteiger partial charge in [0.1, 0.15) is 5.75 Å². The number of carbonyl (C=O) groups is 2. The van der Waals surface area contributed by atoms with Gasteiger partial charge in [0.2, 0.25) is 5.91 Å². The summed E-state index contributed by atoms with van der Waals surface area (Å²) in [5.41, 5.74) is 0. The minimum atomic E-state index is -0.301. The first kappa shape index (κ1) is 15.3. The van der Waals surface area contributed by atoms with Gasteiger partial charge in [0.05, 0.1) is 6.54 Å². The minimum absolute atomic E-state index is 0.00395. The Kier molecular flexibility index (Phi) is 5.57. The minimum Gasteiger partial charge on any atom is -0.484 e. The Morgan fingerprint density at radius 2 is 2.14 bits per heavy atom. The molecule has 0 saturated carbocycles. The zero-order chi connectivity index (χ0) is 15.1. The molecule has 2 N–H and O–H groups in total. The Bertz CT molecular complexity index is 472. The summed E-state index contributed by atoms with van der Waals surface area (Å²) >= 11 is 0. The lowest BCUT2D eigenvalue weighted by atomic mass is 10.2. The normalized spacial score (nSPS) is 17.3. The third-order valence-electron chi connectivity index (χ3n) is 3.53. The second-order valence-electron chi connectivity index (χ2n) is 5.03. The molecule has 6 nitrogen and oxygen atoms in total. The average Bonchev–Trinajstić information content (AvgIpc) is 3.05. The van der Waals surface area contributed by atoms with Crippen LogP contribution in [0.2, 0.25) is 0 Å². The third-order valence-corrected chi connectivity index (χ3v) is 3.53. The number of benzene rings is 1. The number of nitrogens with one attached hydrogen (secondary N) is 2. The van der Waals surface area contributed by atoms with E-state index in [1.54, 1.807) is 24.1 Å². The topological polar surface area (TPSA) is 70.7 Å². The lowest BCUT2D eigenvalue weighted by Gasteiger charge is -2.23. The van der Waals surface area contributed by atoms with Crippen LogP contribution in [0.15, 0.2) is 30.3 Å². The van der Waals surface area contributed by atoms with Crippen molar-refractivity contribution in [3.05, 3.63) is 30.3 Å². The maximum absolute atomic E-state index is 12.0. The Hall–Kier alpha value is -2.08. The molecular weight excluding hydrogens is 270 g/mol. The molecule has 0 spiro atoms. The maximum atomic E-state index is 12.0. The van der Waals surface area contributed by atoms with Crippen LogP contribution in [0.25, 0.3) is 0 Å². The van der Waals surface area contributed by atoms with Crippen LogP contribution < -0.4 is 15.4 Å². The summed E-state index contributed by atoms with van der Waals surface area (Å²) in [5, 5.41) is 5.79. The van der Waals surface area contributed by atoms with Gasteiger partial charge in [0.25, 0.3) is 5.91 Å². The van der Waals surface area contributed by atoms with Gasteiger partial charge in [0.15, 0.2) is 6.61 Å². The van der Waals surface area contributed by atoms with Crippen molar-refractivity contribution in [1.82, 2.24) is 15.5 Å². The van der Waals surface area contributed by atoms with E-state index in [0.717, 1.165) is 19.5 Å². The fourth-order valence-electron chi connectivity index (χ4n) is 2.19. The van der Waals surface area contributed by atoms with Gasteiger partial charge in [-0.3, -0.25) is 9.59 Å². The average molecular weight is 291 g/mol. The van der Waals surface area contributed by atoms with Gasteiger partial charge in [-0.25, -0.2) is 0 Å². The van der Waals surface area contributed by atoms with Crippen molar-refractivity contribution in [3.63, 3.8) is 0 Å². The molecule has 2 amide bonds. The number of likely N-dealkylation sites (N-methyl/N-ethyl adjacent to an activating group) is 1. The van der Waals surface area contributed by atoms with E-state index in [-0.39, 0.29) is 31.0 Å². The molecule has 1 unspecified atom stereocenters. The van der Waals surface area contributed by atoms with Crippen LogP contribution in [-0.2, 0) is 9.59 Å². The number of nitrogens with zero attached hydrogens (tertiary/aromatic N) is 1. The summed E-state index contributed by atoms with van der Waals surface area (Å²) in [4.78, 5) is 25.3. The summed E-state index contributed by atoms with van der Waals surface area (Å²) < 4.78 is 5.31. The standard InChI is InChI=1S/C15H21N3O3/c1-18(12-7-8-16-9-12)15(20)10-17-14(19)11-21-13-5-3-2-4-6-13/h2-6,12,16H,7-11H2,1H3,(H,17,19). The number of para-hydroxylation sites is 1. The molecule has 1 aliphatic heterocycles. The highest BCUT2D eigenvalue weighted by molar-refractivity contribution is 5.85. The smallest absolute Gasteiger partial charge is 0.258 e. The zero-order valence-corrected chi connectivity index (χ0v) is 12.2. The van der Waals surface area contributed by atoms with Gasteiger partial charge >= 0.3 is 0 Å². The maximum Gasteiger partial charge on any atom is 0.258 e. The van der Waals surface area contributed by atoms with Crippen molar-refractivity contribution in [2.24, 2.45) is 0 Å². The third kappa shape index (κ3) is 4.75. The predicted octanol–water partition coefficient (Wildman–Crippen LogP) is 0.00190. The Morgan fingerprint density at radius 3 is 2.81 bits per heavy atom. The first-order valence-corrected chi connectivity index (χ1v) is 7.08. The first-order valence-electron chi connectivity index (χ1n) is 7.08. The molecule has 6 heteroatoms. The Labute approximate surface area is 124 Å². The highest BCUT2D eigenvalue weighted by Crippen LogP contribution is 2.08. The van der Waals surface area contributed by atoms with Crippen molar-refractivity contribution >= 4 is 11.8 Å². The van der Waals surface area contributed by atoms with Gasteiger partial charge in [-0.1, -0.05) is 18.2 Å². The van der Waals surface area contributed by atoms with Crippen molar-refractivity contribution in [1.29, 1.82) is 0 Å². The Morgan fingerprint density at radius 1 is 1.38 bits per heavy atom. The van der Waals surface area contributed by atoms with E-state index in [9.17, 15) is 9.59 Å². The van der Waals surface area contributed by atoms with Crippen molar-refractivity contribution in [3.8, 4) is 5.75 Å². The van der Waals surface area contributed by atoms with E-state index in [2.05, 4.69) is 10.6 Å². The number of amides is 2. The molecule has 114 valence electrons. The number of carbonyl (C=O) groups excluding carboxylic acids is 2. The summed E-state index contributed by atoms with van der Waals surface area (Å²) in [6, 6.07) is 9.32. The van der Waals surface area contributed by atoms with Crippen LogP contribution in [0.4, 0.5) is 0 Å². The van der Waals surface area contributed by atoms with Crippen LogP contribution in [0.5, 0.6) is 5.75 Å². The zero-order valence-electron chi connectivity index (χ0n) is 12.2. The second-order valence-corrected chi connectivity index (χ2v) is 5.03. The van der Waals surface area contributed by atoms with Gasteiger partial charge in [-0.05, 0) is 25.1 Å². The van der Waals surface area contributed by atoms with E-state index in [0.29, 0.717) is 5.75 Å². The molecule has 1 fully saturated rings. The van der Waals surface area contributed by atoms with Crippen molar-refractivity contribution in [2.75, 3.05) is 33.3 Å². The second kappa shape index (κ2) is 7.64. The highest BCUT2D eigenvalue weighted by Gasteiger charge is 2.23. The molecule has 21 heavy (non-hydrogen) atoms. The number of hydrogen-bond acceptors (Lipinski definition) is 4. The molecule has 1 aromatic rings. The molecular formula is C15H21N3O3.